The quantitative estimate of drug-likeness (QED) is 0.656. The van der Waals surface area contributed by atoms with Crippen LogP contribution in [-0.2, 0) is 14.6 Å². The minimum atomic E-state index is -2.81. The van der Waals surface area contributed by atoms with Gasteiger partial charge in [0.05, 0.1) is 11.4 Å². The molecule has 0 aromatic heterocycles. The predicted molar refractivity (Wildman–Crippen MR) is 60.8 cm³/mol. The van der Waals surface area contributed by atoms with E-state index in [4.69, 9.17) is 4.74 Å². The molecule has 0 heterocycles. The summed E-state index contributed by atoms with van der Waals surface area (Å²) in [6.45, 7) is 1.59. The fourth-order valence-electron chi connectivity index (χ4n) is 1.80. The topological polar surface area (TPSA) is 55.4 Å². The minimum absolute atomic E-state index is 0.0328. The fourth-order valence-corrected chi connectivity index (χ4v) is 2.47. The van der Waals surface area contributed by atoms with Crippen molar-refractivity contribution in [2.24, 2.45) is 0 Å². The molecule has 0 unspecified atom stereocenters. The number of hydrogen-bond acceptors (Lipinski definition) is 4. The van der Waals surface area contributed by atoms with Crippen LogP contribution in [0.2, 0.25) is 0 Å². The molecule has 0 saturated heterocycles. The lowest BCUT2D eigenvalue weighted by atomic mass is 9.80. The van der Waals surface area contributed by atoms with Crippen LogP contribution in [0.25, 0.3) is 0 Å². The second-order valence-electron chi connectivity index (χ2n) is 4.40. The van der Waals surface area contributed by atoms with Crippen molar-refractivity contribution in [3.05, 3.63) is 0 Å². The molecule has 1 aliphatic carbocycles. The Morgan fingerprint density at radius 1 is 1.40 bits per heavy atom. The molecule has 1 rings (SSSR count). The zero-order valence-electron chi connectivity index (χ0n) is 9.58. The van der Waals surface area contributed by atoms with Crippen LogP contribution in [0, 0.1) is 0 Å². The normalized spacial score (nSPS) is 19.9. The van der Waals surface area contributed by atoms with Gasteiger partial charge in [-0.1, -0.05) is 0 Å². The van der Waals surface area contributed by atoms with Gasteiger partial charge < -0.3 is 10.1 Å². The molecule has 15 heavy (non-hydrogen) atoms. The lowest BCUT2D eigenvalue weighted by Crippen LogP contribution is -2.48. The molecule has 1 aliphatic rings. The summed E-state index contributed by atoms with van der Waals surface area (Å²) in [6, 6.07) is 0. The van der Waals surface area contributed by atoms with E-state index in [1.165, 1.54) is 12.7 Å². The van der Waals surface area contributed by atoms with E-state index in [2.05, 4.69) is 5.32 Å². The number of nitrogens with one attached hydrogen (secondary N) is 1. The Morgan fingerprint density at radius 3 is 2.47 bits per heavy atom. The SMILES string of the molecule is COC1(CNCCCS(C)(=O)=O)CCC1. The summed E-state index contributed by atoms with van der Waals surface area (Å²) in [5, 5.41) is 3.26. The first-order chi connectivity index (χ1) is 6.97. The molecular formula is C10H21NO3S. The Kier molecular flexibility index (Phi) is 4.55. The lowest BCUT2D eigenvalue weighted by Gasteiger charge is -2.40. The highest BCUT2D eigenvalue weighted by atomic mass is 32.2. The van der Waals surface area contributed by atoms with Crippen molar-refractivity contribution in [3.8, 4) is 0 Å². The molecule has 0 aromatic rings. The number of ether oxygens (including phenoxy) is 1. The first-order valence-electron chi connectivity index (χ1n) is 5.41. The van der Waals surface area contributed by atoms with Gasteiger partial charge in [-0.05, 0) is 32.2 Å². The summed E-state index contributed by atoms with van der Waals surface area (Å²) in [6.07, 6.45) is 5.41. The van der Waals surface area contributed by atoms with Crippen molar-refractivity contribution in [2.75, 3.05) is 32.2 Å². The monoisotopic (exact) mass is 235 g/mol. The molecule has 0 aromatic carbocycles. The third-order valence-electron chi connectivity index (χ3n) is 3.01. The minimum Gasteiger partial charge on any atom is -0.377 e. The standard InChI is InChI=1S/C10H21NO3S/c1-14-10(5-3-6-10)9-11-7-4-8-15(2,12)13/h11H,3-9H2,1-2H3. The van der Waals surface area contributed by atoms with Crippen molar-refractivity contribution in [3.63, 3.8) is 0 Å². The van der Waals surface area contributed by atoms with E-state index in [1.54, 1.807) is 7.11 Å². The van der Waals surface area contributed by atoms with Crippen LogP contribution in [0.15, 0.2) is 0 Å². The highest BCUT2D eigenvalue weighted by Crippen LogP contribution is 2.34. The van der Waals surface area contributed by atoms with Crippen LogP contribution in [0.1, 0.15) is 25.7 Å². The fraction of sp³-hybridized carbons (Fsp3) is 1.00. The van der Waals surface area contributed by atoms with Crippen molar-refractivity contribution < 1.29 is 13.2 Å². The summed E-state index contributed by atoms with van der Waals surface area (Å²) in [5.74, 6) is 0.264. The number of methoxy groups -OCH3 is 1. The van der Waals surface area contributed by atoms with Gasteiger partial charge in [-0.3, -0.25) is 0 Å². The van der Waals surface area contributed by atoms with Crippen molar-refractivity contribution in [1.29, 1.82) is 0 Å². The Bertz CT molecular complexity index is 278. The Balaban J connectivity index is 2.06. The average molecular weight is 235 g/mol. The van der Waals surface area contributed by atoms with Crippen molar-refractivity contribution in [1.82, 2.24) is 5.32 Å². The first kappa shape index (κ1) is 12.9. The molecule has 90 valence electrons. The lowest BCUT2D eigenvalue weighted by molar-refractivity contribution is -0.0691. The van der Waals surface area contributed by atoms with Crippen LogP contribution >= 0.6 is 0 Å². The zero-order chi connectivity index (χ0) is 11.4. The number of sulfone groups is 1. The highest BCUT2D eigenvalue weighted by molar-refractivity contribution is 7.90. The third kappa shape index (κ3) is 4.49. The van der Waals surface area contributed by atoms with E-state index in [0.717, 1.165) is 25.9 Å². The van der Waals surface area contributed by atoms with Gasteiger partial charge in [0.15, 0.2) is 0 Å². The van der Waals surface area contributed by atoms with Gasteiger partial charge >= 0.3 is 0 Å². The maximum Gasteiger partial charge on any atom is 0.147 e. The molecule has 1 fully saturated rings. The largest absolute Gasteiger partial charge is 0.377 e. The third-order valence-corrected chi connectivity index (χ3v) is 4.04. The first-order valence-corrected chi connectivity index (χ1v) is 7.47. The molecule has 0 aliphatic heterocycles. The van der Waals surface area contributed by atoms with Crippen LogP contribution < -0.4 is 5.32 Å². The van der Waals surface area contributed by atoms with E-state index in [-0.39, 0.29) is 11.4 Å². The molecule has 4 nitrogen and oxygen atoms in total. The summed E-state index contributed by atoms with van der Waals surface area (Å²) in [7, 11) is -1.06. The second-order valence-corrected chi connectivity index (χ2v) is 6.66. The predicted octanol–water partition coefficient (Wildman–Crippen LogP) is 0.580. The molecule has 0 bridgehead atoms. The zero-order valence-corrected chi connectivity index (χ0v) is 10.4. The molecule has 0 amide bonds. The molecule has 5 heteroatoms. The summed E-state index contributed by atoms with van der Waals surface area (Å²) >= 11 is 0. The maximum atomic E-state index is 10.9. The van der Waals surface area contributed by atoms with Gasteiger partial charge in [0.2, 0.25) is 0 Å². The summed E-state index contributed by atoms with van der Waals surface area (Å²) in [4.78, 5) is 0. The highest BCUT2D eigenvalue weighted by Gasteiger charge is 2.36. The van der Waals surface area contributed by atoms with Crippen LogP contribution in [0.4, 0.5) is 0 Å². The van der Waals surface area contributed by atoms with Crippen LogP contribution in [-0.4, -0.2) is 46.2 Å². The molecule has 0 radical (unpaired) electrons. The van der Waals surface area contributed by atoms with E-state index in [9.17, 15) is 8.42 Å². The summed E-state index contributed by atoms with van der Waals surface area (Å²) in [5.41, 5.74) is 0.0328. The van der Waals surface area contributed by atoms with Gasteiger partial charge in [-0.15, -0.1) is 0 Å². The second kappa shape index (κ2) is 5.27. The maximum absolute atomic E-state index is 10.9. The average Bonchev–Trinajstić information content (AvgIpc) is 2.06. The van der Waals surface area contributed by atoms with Crippen molar-refractivity contribution in [2.45, 2.75) is 31.3 Å². The van der Waals surface area contributed by atoms with E-state index >= 15 is 0 Å². The van der Waals surface area contributed by atoms with E-state index in [0.29, 0.717) is 6.42 Å². The van der Waals surface area contributed by atoms with Crippen LogP contribution in [0.3, 0.4) is 0 Å². The molecular weight excluding hydrogens is 214 g/mol. The number of rotatable bonds is 7. The van der Waals surface area contributed by atoms with E-state index in [1.807, 2.05) is 0 Å². The molecule has 1 saturated carbocycles. The van der Waals surface area contributed by atoms with Gasteiger partial charge in [-0.2, -0.15) is 0 Å². The number of hydrogen-bond donors (Lipinski definition) is 1. The van der Waals surface area contributed by atoms with E-state index < -0.39 is 9.84 Å². The van der Waals surface area contributed by atoms with Crippen molar-refractivity contribution >= 4 is 9.84 Å². The molecule has 0 spiro atoms. The smallest absolute Gasteiger partial charge is 0.147 e. The molecule has 0 atom stereocenters. The van der Waals surface area contributed by atoms with Crippen LogP contribution in [0.5, 0.6) is 0 Å². The molecule has 1 N–H and O–H groups in total. The van der Waals surface area contributed by atoms with Gasteiger partial charge in [-0.25, -0.2) is 8.42 Å². The van der Waals surface area contributed by atoms with Gasteiger partial charge in [0, 0.05) is 19.9 Å². The Morgan fingerprint density at radius 2 is 2.07 bits per heavy atom. The Hall–Kier alpha value is -0.130. The van der Waals surface area contributed by atoms with Gasteiger partial charge in [0.1, 0.15) is 9.84 Å². The van der Waals surface area contributed by atoms with Gasteiger partial charge in [0.25, 0.3) is 0 Å². The summed E-state index contributed by atoms with van der Waals surface area (Å²) < 4.78 is 27.2. The Labute approximate surface area is 92.3 Å².